The Bertz CT molecular complexity index is 461. The molecule has 0 spiro atoms. The molecule has 0 amide bonds. The van der Waals surface area contributed by atoms with E-state index in [1.54, 1.807) is 6.07 Å². The monoisotopic (exact) mass is 460 g/mol. The van der Waals surface area contributed by atoms with Crippen molar-refractivity contribution in [3.05, 3.63) is 38.6 Å². The van der Waals surface area contributed by atoms with Crippen molar-refractivity contribution in [2.24, 2.45) is 0 Å². The van der Waals surface area contributed by atoms with E-state index in [-0.39, 0.29) is 55.4 Å². The first kappa shape index (κ1) is 15.9. The third kappa shape index (κ3) is 3.06. The van der Waals surface area contributed by atoms with Crippen LogP contribution in [0.3, 0.4) is 0 Å². The van der Waals surface area contributed by atoms with Gasteiger partial charge in [-0.05, 0) is 43.2 Å². The number of hydrogen-bond donors (Lipinski definition) is 0. The molecule has 1 aromatic rings. The second-order valence-electron chi connectivity index (χ2n) is 4.60. The van der Waals surface area contributed by atoms with Gasteiger partial charge in [0.15, 0.2) is 0 Å². The summed E-state index contributed by atoms with van der Waals surface area (Å²) in [5.74, 6) is 0. The Balaban J connectivity index is 0.00000162. The third-order valence-electron chi connectivity index (χ3n) is 3.44. The molecule has 4 nitrogen and oxygen atoms in total. The van der Waals surface area contributed by atoms with E-state index < -0.39 is 4.92 Å². The van der Waals surface area contributed by atoms with Crippen molar-refractivity contribution in [3.63, 3.8) is 0 Å². The maximum atomic E-state index is 10.9. The first-order chi connectivity index (χ1) is 8.15. The summed E-state index contributed by atoms with van der Waals surface area (Å²) in [6, 6.07) is 1.62. The molecule has 1 N–H and O–H groups in total. The van der Waals surface area contributed by atoms with Gasteiger partial charge in [0.25, 0.3) is 5.69 Å². The van der Waals surface area contributed by atoms with E-state index in [0.717, 1.165) is 49.7 Å². The van der Waals surface area contributed by atoms with Crippen LogP contribution in [0, 0.1) is 54.2 Å². The van der Waals surface area contributed by atoms with Crippen molar-refractivity contribution >= 4 is 11.4 Å². The Morgan fingerprint density at radius 3 is 2.50 bits per heavy atom. The number of rotatable bonds is 3. The summed E-state index contributed by atoms with van der Waals surface area (Å²) in [5.41, 5.74) is 11.3. The maximum Gasteiger partial charge on any atom is 0.255 e. The molecule has 1 aliphatic carbocycles. The zero-order chi connectivity index (χ0) is 12.4. The van der Waals surface area contributed by atoms with Gasteiger partial charge in [-0.3, -0.25) is 10.1 Å². The van der Waals surface area contributed by atoms with Gasteiger partial charge < -0.3 is 5.73 Å². The van der Waals surface area contributed by atoms with E-state index in [2.05, 4.69) is 6.92 Å². The average molecular weight is 460 g/mol. The van der Waals surface area contributed by atoms with Crippen LogP contribution in [0.5, 0.6) is 0 Å². The summed E-state index contributed by atoms with van der Waals surface area (Å²) < 4.78 is 0. The van der Waals surface area contributed by atoms with Gasteiger partial charge in [0, 0.05) is 50.1 Å². The van der Waals surface area contributed by atoms with Gasteiger partial charge in [0.2, 0.25) is 0 Å². The standard InChI is InChI=1S/C13H17N2O2.Ac/c1-2-5-9-8-12(15(16)17)13(14)11-7-4-3-6-10(9)11;/h8,14H,2-7H2,1H3;/q-1;. The SMILES string of the molecule is CCCc1cc([N+](=O)[O-])c([NH-])c2c1CCCC2.[Ac]. The third-order valence-corrected chi connectivity index (χ3v) is 3.44. The quantitative estimate of drug-likeness (QED) is 0.504. The predicted octanol–water partition coefficient (Wildman–Crippen LogP) is 4.11. The van der Waals surface area contributed by atoms with Crippen LogP contribution >= 0.6 is 0 Å². The fourth-order valence-electron chi connectivity index (χ4n) is 2.65. The Labute approximate surface area is 143 Å². The molecule has 1 radical (unpaired) electrons. The van der Waals surface area contributed by atoms with E-state index in [9.17, 15) is 10.1 Å². The van der Waals surface area contributed by atoms with E-state index in [4.69, 9.17) is 5.73 Å². The van der Waals surface area contributed by atoms with Gasteiger partial charge in [-0.15, -0.1) is 0 Å². The number of nitro benzene ring substituents is 1. The molecule has 95 valence electrons. The van der Waals surface area contributed by atoms with Gasteiger partial charge in [-0.25, -0.2) is 0 Å². The van der Waals surface area contributed by atoms with E-state index in [1.165, 1.54) is 5.56 Å². The van der Waals surface area contributed by atoms with Crippen LogP contribution in [0.15, 0.2) is 6.07 Å². The normalized spacial score (nSPS) is 13.6. The minimum atomic E-state index is -0.420. The summed E-state index contributed by atoms with van der Waals surface area (Å²) in [5, 5.41) is 10.9. The minimum Gasteiger partial charge on any atom is -0.693 e. The molecule has 5 heteroatoms. The molecule has 0 aromatic heterocycles. The molecule has 0 heterocycles. The van der Waals surface area contributed by atoms with Crippen LogP contribution in [0.4, 0.5) is 11.4 Å². The van der Waals surface area contributed by atoms with Crippen LogP contribution in [0.2, 0.25) is 0 Å². The number of nitrogens with one attached hydrogen (secondary N) is 1. The van der Waals surface area contributed by atoms with Crippen LogP contribution in [-0.4, -0.2) is 4.92 Å². The largest absolute Gasteiger partial charge is 0.693 e. The van der Waals surface area contributed by atoms with Crippen LogP contribution < -0.4 is 0 Å². The van der Waals surface area contributed by atoms with Gasteiger partial charge in [0.1, 0.15) is 0 Å². The van der Waals surface area contributed by atoms with Crippen molar-refractivity contribution in [3.8, 4) is 0 Å². The summed E-state index contributed by atoms with van der Waals surface area (Å²) in [6.07, 6.45) is 5.86. The second kappa shape index (κ2) is 6.86. The molecular weight excluding hydrogens is 443 g/mol. The fourth-order valence-corrected chi connectivity index (χ4v) is 2.65. The number of fused-ring (bicyclic) bond motifs is 1. The number of benzene rings is 1. The number of hydrogen-bond acceptors (Lipinski definition) is 2. The van der Waals surface area contributed by atoms with Crippen molar-refractivity contribution < 1.29 is 49.0 Å². The maximum absolute atomic E-state index is 10.9. The van der Waals surface area contributed by atoms with Gasteiger partial charge in [-0.1, -0.05) is 24.6 Å². The van der Waals surface area contributed by atoms with Gasteiger partial charge >= 0.3 is 0 Å². The van der Waals surface area contributed by atoms with E-state index in [1.807, 2.05) is 0 Å². The topological polar surface area (TPSA) is 66.9 Å². The van der Waals surface area contributed by atoms with Crippen molar-refractivity contribution in [2.45, 2.75) is 45.4 Å². The Morgan fingerprint density at radius 2 is 1.94 bits per heavy atom. The molecule has 0 unspecified atom stereocenters. The van der Waals surface area contributed by atoms with E-state index >= 15 is 0 Å². The zero-order valence-corrected chi connectivity index (χ0v) is 15.4. The van der Waals surface area contributed by atoms with E-state index in [0.29, 0.717) is 0 Å². The summed E-state index contributed by atoms with van der Waals surface area (Å²) in [4.78, 5) is 10.5. The molecule has 0 atom stereocenters. The molecule has 0 bridgehead atoms. The Kier molecular flexibility index (Phi) is 6.07. The van der Waals surface area contributed by atoms with Crippen LogP contribution in [-0.2, 0) is 19.3 Å². The molecule has 0 saturated carbocycles. The van der Waals surface area contributed by atoms with Crippen molar-refractivity contribution in [2.75, 3.05) is 0 Å². The Hall–Kier alpha value is -0.138. The number of nitrogens with zero attached hydrogens (tertiary/aromatic N) is 1. The van der Waals surface area contributed by atoms with Crippen LogP contribution in [0.25, 0.3) is 5.73 Å². The molecule has 0 saturated heterocycles. The van der Waals surface area contributed by atoms with Crippen molar-refractivity contribution in [1.82, 2.24) is 0 Å². The second-order valence-corrected chi connectivity index (χ2v) is 4.60. The molecule has 0 aliphatic heterocycles. The predicted molar refractivity (Wildman–Crippen MR) is 67.7 cm³/mol. The number of nitro groups is 1. The van der Waals surface area contributed by atoms with Gasteiger partial charge in [0.05, 0.1) is 4.92 Å². The number of aryl methyl sites for hydroxylation is 1. The minimum absolute atomic E-state index is 0. The molecule has 1 aliphatic rings. The summed E-state index contributed by atoms with van der Waals surface area (Å²) >= 11 is 0. The van der Waals surface area contributed by atoms with Crippen LogP contribution in [0.1, 0.15) is 42.9 Å². The molecule has 18 heavy (non-hydrogen) atoms. The van der Waals surface area contributed by atoms with Gasteiger partial charge in [-0.2, -0.15) is 0 Å². The zero-order valence-electron chi connectivity index (χ0n) is 10.7. The van der Waals surface area contributed by atoms with Crippen molar-refractivity contribution in [1.29, 1.82) is 0 Å². The molecule has 0 fully saturated rings. The fraction of sp³-hybridized carbons (Fsp3) is 0.538. The summed E-state index contributed by atoms with van der Waals surface area (Å²) in [6.45, 7) is 2.08. The summed E-state index contributed by atoms with van der Waals surface area (Å²) in [7, 11) is 0. The first-order valence-electron chi connectivity index (χ1n) is 6.18. The average Bonchev–Trinajstić information content (AvgIpc) is 2.33. The Morgan fingerprint density at radius 1 is 1.33 bits per heavy atom. The molecule has 2 rings (SSSR count). The smallest absolute Gasteiger partial charge is 0.255 e. The molecular formula is C13H17AcN2O2-. The first-order valence-corrected chi connectivity index (χ1v) is 6.18. The molecule has 1 aromatic carbocycles.